The molecule has 2 aromatic rings. The zero-order chi connectivity index (χ0) is 14.8. The number of halogens is 1. The van der Waals surface area contributed by atoms with Crippen molar-refractivity contribution in [1.82, 2.24) is 0 Å². The molecule has 0 bridgehead atoms. The van der Waals surface area contributed by atoms with Gasteiger partial charge in [0, 0.05) is 9.79 Å². The molecule has 1 aliphatic carbocycles. The number of carboxylic acid groups (broad SMARTS) is 1. The van der Waals surface area contributed by atoms with Crippen LogP contribution in [0.4, 0.5) is 4.39 Å². The summed E-state index contributed by atoms with van der Waals surface area (Å²) in [7, 11) is 0. The second-order valence-corrected chi connectivity index (χ2v) is 6.35. The van der Waals surface area contributed by atoms with E-state index < -0.39 is 5.97 Å². The molecule has 0 amide bonds. The van der Waals surface area contributed by atoms with Crippen molar-refractivity contribution >= 4 is 17.7 Å². The highest BCUT2D eigenvalue weighted by molar-refractivity contribution is 7.99. The Morgan fingerprint density at radius 2 is 2.00 bits per heavy atom. The quantitative estimate of drug-likeness (QED) is 0.908. The SMILES string of the molecule is O=C(O)[C@H]1CCCc2cc(Sc3cccc(F)c3)ccc21. The van der Waals surface area contributed by atoms with Crippen molar-refractivity contribution in [3.63, 3.8) is 0 Å². The minimum atomic E-state index is -0.749. The van der Waals surface area contributed by atoms with E-state index in [-0.39, 0.29) is 11.7 Å². The summed E-state index contributed by atoms with van der Waals surface area (Å²) in [6, 6.07) is 12.4. The molecule has 0 fully saturated rings. The average Bonchev–Trinajstić information content (AvgIpc) is 2.46. The Kier molecular flexibility index (Phi) is 3.97. The maximum Gasteiger partial charge on any atom is 0.310 e. The van der Waals surface area contributed by atoms with E-state index in [9.17, 15) is 14.3 Å². The Morgan fingerprint density at radius 3 is 2.76 bits per heavy atom. The van der Waals surface area contributed by atoms with E-state index in [0.29, 0.717) is 6.42 Å². The van der Waals surface area contributed by atoms with Gasteiger partial charge in [-0.1, -0.05) is 23.9 Å². The van der Waals surface area contributed by atoms with Crippen LogP contribution in [-0.4, -0.2) is 11.1 Å². The van der Waals surface area contributed by atoms with Crippen LogP contribution in [0.3, 0.4) is 0 Å². The van der Waals surface area contributed by atoms with Gasteiger partial charge in [-0.25, -0.2) is 4.39 Å². The van der Waals surface area contributed by atoms with Crippen molar-refractivity contribution < 1.29 is 14.3 Å². The standard InChI is InChI=1S/C17H15FO2S/c18-12-4-2-5-13(10-12)21-14-7-8-15-11(9-14)3-1-6-16(15)17(19)20/h2,4-5,7-10,16H,1,3,6H2,(H,19,20)/t16-/m0/s1. The smallest absolute Gasteiger partial charge is 0.310 e. The number of carbonyl (C=O) groups is 1. The molecule has 1 atom stereocenters. The van der Waals surface area contributed by atoms with Crippen molar-refractivity contribution in [2.24, 2.45) is 0 Å². The normalized spacial score (nSPS) is 17.3. The molecule has 0 radical (unpaired) electrons. The summed E-state index contributed by atoms with van der Waals surface area (Å²) in [6.07, 6.45) is 2.52. The van der Waals surface area contributed by atoms with Crippen molar-refractivity contribution in [1.29, 1.82) is 0 Å². The van der Waals surface area contributed by atoms with E-state index in [1.165, 1.54) is 23.9 Å². The van der Waals surface area contributed by atoms with E-state index in [0.717, 1.165) is 33.8 Å². The molecular formula is C17H15FO2S. The molecule has 4 heteroatoms. The first-order chi connectivity index (χ1) is 10.1. The molecule has 0 unspecified atom stereocenters. The molecule has 0 saturated heterocycles. The average molecular weight is 302 g/mol. The summed E-state index contributed by atoms with van der Waals surface area (Å²) in [6.45, 7) is 0. The number of carboxylic acids is 1. The summed E-state index contributed by atoms with van der Waals surface area (Å²) in [5, 5.41) is 9.27. The predicted molar refractivity (Wildman–Crippen MR) is 80.3 cm³/mol. The Hall–Kier alpha value is -1.81. The number of aliphatic carboxylic acids is 1. The van der Waals surface area contributed by atoms with Crippen LogP contribution in [0.1, 0.15) is 29.9 Å². The van der Waals surface area contributed by atoms with Gasteiger partial charge in [0.2, 0.25) is 0 Å². The fraction of sp³-hybridized carbons (Fsp3) is 0.235. The summed E-state index contributed by atoms with van der Waals surface area (Å²) in [5.41, 5.74) is 2.03. The second-order valence-electron chi connectivity index (χ2n) is 5.20. The molecule has 0 saturated carbocycles. The van der Waals surface area contributed by atoms with Crippen LogP contribution in [0, 0.1) is 5.82 Å². The molecule has 0 heterocycles. The lowest BCUT2D eigenvalue weighted by Gasteiger charge is -2.22. The van der Waals surface area contributed by atoms with Crippen LogP contribution >= 0.6 is 11.8 Å². The lowest BCUT2D eigenvalue weighted by Crippen LogP contribution is -2.17. The molecule has 0 aromatic heterocycles. The molecule has 0 spiro atoms. The number of rotatable bonds is 3. The highest BCUT2D eigenvalue weighted by Gasteiger charge is 2.26. The van der Waals surface area contributed by atoms with Gasteiger partial charge in [-0.3, -0.25) is 4.79 Å². The molecule has 0 aliphatic heterocycles. The van der Waals surface area contributed by atoms with Gasteiger partial charge in [0.25, 0.3) is 0 Å². The largest absolute Gasteiger partial charge is 0.481 e. The van der Waals surface area contributed by atoms with Crippen molar-refractivity contribution in [2.75, 3.05) is 0 Å². The molecule has 1 aliphatic rings. The van der Waals surface area contributed by atoms with Crippen molar-refractivity contribution in [2.45, 2.75) is 35.0 Å². The van der Waals surface area contributed by atoms with Crippen molar-refractivity contribution in [3.8, 4) is 0 Å². The molecule has 21 heavy (non-hydrogen) atoms. The minimum Gasteiger partial charge on any atom is -0.481 e. The molecule has 2 aromatic carbocycles. The number of aryl methyl sites for hydroxylation is 1. The molecule has 2 nitrogen and oxygen atoms in total. The fourth-order valence-corrected chi connectivity index (χ4v) is 3.70. The number of hydrogen-bond acceptors (Lipinski definition) is 2. The van der Waals surface area contributed by atoms with Crippen LogP contribution in [-0.2, 0) is 11.2 Å². The number of benzene rings is 2. The zero-order valence-corrected chi connectivity index (χ0v) is 12.2. The second kappa shape index (κ2) is 5.90. The van der Waals surface area contributed by atoms with Gasteiger partial charge in [-0.15, -0.1) is 0 Å². The zero-order valence-electron chi connectivity index (χ0n) is 11.4. The highest BCUT2D eigenvalue weighted by Crippen LogP contribution is 2.36. The van der Waals surface area contributed by atoms with E-state index in [1.54, 1.807) is 6.07 Å². The van der Waals surface area contributed by atoms with Gasteiger partial charge < -0.3 is 5.11 Å². The topological polar surface area (TPSA) is 37.3 Å². The van der Waals surface area contributed by atoms with E-state index in [1.807, 2.05) is 24.3 Å². The lowest BCUT2D eigenvalue weighted by molar-refractivity contribution is -0.139. The first-order valence-electron chi connectivity index (χ1n) is 6.92. The maximum absolute atomic E-state index is 13.2. The fourth-order valence-electron chi connectivity index (χ4n) is 2.78. The van der Waals surface area contributed by atoms with Gasteiger partial charge >= 0.3 is 5.97 Å². The molecular weight excluding hydrogens is 287 g/mol. The van der Waals surface area contributed by atoms with Crippen LogP contribution < -0.4 is 0 Å². The summed E-state index contributed by atoms with van der Waals surface area (Å²) < 4.78 is 13.2. The Balaban J connectivity index is 1.87. The summed E-state index contributed by atoms with van der Waals surface area (Å²) in [5.74, 6) is -1.38. The first kappa shape index (κ1) is 14.1. The third kappa shape index (κ3) is 3.10. The highest BCUT2D eigenvalue weighted by atomic mass is 32.2. The third-order valence-corrected chi connectivity index (χ3v) is 4.74. The minimum absolute atomic E-state index is 0.246. The Labute approximate surface area is 127 Å². The van der Waals surface area contributed by atoms with Gasteiger partial charge in [-0.05, 0) is 60.7 Å². The third-order valence-electron chi connectivity index (χ3n) is 3.76. The number of fused-ring (bicyclic) bond motifs is 1. The van der Waals surface area contributed by atoms with Crippen LogP contribution in [0.5, 0.6) is 0 Å². The lowest BCUT2D eigenvalue weighted by atomic mass is 9.83. The Morgan fingerprint density at radius 1 is 1.19 bits per heavy atom. The molecule has 1 N–H and O–H groups in total. The first-order valence-corrected chi connectivity index (χ1v) is 7.74. The van der Waals surface area contributed by atoms with Gasteiger partial charge in [0.05, 0.1) is 5.92 Å². The van der Waals surface area contributed by atoms with Crippen molar-refractivity contribution in [3.05, 3.63) is 59.4 Å². The summed E-state index contributed by atoms with van der Waals surface area (Å²) >= 11 is 1.50. The van der Waals surface area contributed by atoms with Crippen LogP contribution in [0.15, 0.2) is 52.3 Å². The maximum atomic E-state index is 13.2. The monoisotopic (exact) mass is 302 g/mol. The summed E-state index contributed by atoms with van der Waals surface area (Å²) in [4.78, 5) is 13.2. The molecule has 3 rings (SSSR count). The number of hydrogen-bond donors (Lipinski definition) is 1. The Bertz CT molecular complexity index is 684. The van der Waals surface area contributed by atoms with Gasteiger partial charge in [0.15, 0.2) is 0 Å². The van der Waals surface area contributed by atoms with Gasteiger partial charge in [-0.2, -0.15) is 0 Å². The van der Waals surface area contributed by atoms with Crippen LogP contribution in [0.2, 0.25) is 0 Å². The predicted octanol–water partition coefficient (Wildman–Crippen LogP) is 4.48. The molecule has 108 valence electrons. The van der Waals surface area contributed by atoms with Gasteiger partial charge in [0.1, 0.15) is 5.82 Å². The van der Waals surface area contributed by atoms with E-state index in [4.69, 9.17) is 0 Å². The van der Waals surface area contributed by atoms with Crippen LogP contribution in [0.25, 0.3) is 0 Å². The van der Waals surface area contributed by atoms with E-state index >= 15 is 0 Å². The van der Waals surface area contributed by atoms with E-state index in [2.05, 4.69) is 0 Å².